The first-order valence-corrected chi connectivity index (χ1v) is 8.76. The predicted octanol–water partition coefficient (Wildman–Crippen LogP) is -3.76. The maximum atomic E-state index is 12.8. The molecule has 1 aromatic heterocycles. The van der Waals surface area contributed by atoms with Gasteiger partial charge in [0.25, 0.3) is 5.91 Å². The molecule has 1 amide bonds. The van der Waals surface area contributed by atoms with Crippen LogP contribution < -0.4 is 34.7 Å². The van der Waals surface area contributed by atoms with E-state index in [1.54, 1.807) is 17.3 Å². The number of carboxylic acid groups (broad SMARTS) is 1. The van der Waals surface area contributed by atoms with Gasteiger partial charge in [-0.25, -0.2) is 4.98 Å². The number of aliphatic carboxylic acids is 1. The first-order valence-electron chi connectivity index (χ1n) is 8.76. The second kappa shape index (κ2) is 7.89. The predicted molar refractivity (Wildman–Crippen MR) is 91.4 cm³/mol. The molecular weight excluding hydrogens is 359 g/mol. The van der Waals surface area contributed by atoms with Crippen molar-refractivity contribution in [1.82, 2.24) is 19.4 Å². The standard InChI is InChI=1S/C18H22N4O4.Na/c1-20-12-19-14-10-13(2-3-15(14)20)16(23)21-5-7-22(8-6-21)18(17(24)25)4-9-26-11-18;/h2-3,10,12H,4-9,11H2,1H3,(H,24,25);/q;+1/p-1. The van der Waals surface area contributed by atoms with Gasteiger partial charge in [0.2, 0.25) is 0 Å². The Labute approximate surface area is 179 Å². The van der Waals surface area contributed by atoms with Gasteiger partial charge in [0.05, 0.1) is 35.5 Å². The van der Waals surface area contributed by atoms with Crippen molar-refractivity contribution < 1.29 is 49.0 Å². The maximum Gasteiger partial charge on any atom is 1.00 e. The molecule has 0 radical (unpaired) electrons. The van der Waals surface area contributed by atoms with E-state index in [9.17, 15) is 14.7 Å². The van der Waals surface area contributed by atoms with E-state index in [0.717, 1.165) is 11.0 Å². The van der Waals surface area contributed by atoms with Crippen molar-refractivity contribution in [3.05, 3.63) is 30.1 Å². The Morgan fingerprint density at radius 2 is 1.96 bits per heavy atom. The van der Waals surface area contributed by atoms with Crippen molar-refractivity contribution in [3.63, 3.8) is 0 Å². The zero-order chi connectivity index (χ0) is 18.3. The Bertz CT molecular complexity index is 854. The van der Waals surface area contributed by atoms with Crippen LogP contribution in [0, 0.1) is 0 Å². The monoisotopic (exact) mass is 380 g/mol. The van der Waals surface area contributed by atoms with E-state index in [2.05, 4.69) is 4.98 Å². The number of aromatic nitrogens is 2. The normalized spacial score (nSPS) is 23.4. The van der Waals surface area contributed by atoms with Crippen LogP contribution in [-0.2, 0) is 16.6 Å². The molecule has 27 heavy (non-hydrogen) atoms. The summed E-state index contributed by atoms with van der Waals surface area (Å²) in [6.45, 7) is 2.53. The molecule has 2 saturated heterocycles. The maximum absolute atomic E-state index is 12.8. The van der Waals surface area contributed by atoms with Gasteiger partial charge in [0.15, 0.2) is 0 Å². The van der Waals surface area contributed by atoms with E-state index in [4.69, 9.17) is 4.74 Å². The van der Waals surface area contributed by atoms with Crippen molar-refractivity contribution in [1.29, 1.82) is 0 Å². The van der Waals surface area contributed by atoms with Crippen LogP contribution in [-0.4, -0.2) is 76.2 Å². The molecule has 0 aliphatic carbocycles. The summed E-state index contributed by atoms with van der Waals surface area (Å²) in [6, 6.07) is 5.51. The Morgan fingerprint density at radius 3 is 2.59 bits per heavy atom. The van der Waals surface area contributed by atoms with Crippen LogP contribution in [0.5, 0.6) is 0 Å². The smallest absolute Gasteiger partial charge is 0.548 e. The Balaban J connectivity index is 0.00000210. The molecule has 0 saturated carbocycles. The Hall–Kier alpha value is -1.45. The quantitative estimate of drug-likeness (QED) is 0.508. The number of ether oxygens (including phenoxy) is 1. The number of carboxylic acids is 1. The molecule has 2 aliphatic rings. The molecule has 4 rings (SSSR count). The zero-order valence-corrected chi connectivity index (χ0v) is 17.7. The number of imidazole rings is 1. The molecule has 2 fully saturated rings. The molecule has 0 spiro atoms. The number of nitrogens with zero attached hydrogens (tertiary/aromatic N) is 4. The fraction of sp³-hybridized carbons (Fsp3) is 0.500. The summed E-state index contributed by atoms with van der Waals surface area (Å²) >= 11 is 0. The van der Waals surface area contributed by atoms with Gasteiger partial charge in [-0.05, 0) is 24.6 Å². The SMILES string of the molecule is Cn1cnc2cc(C(=O)N3CCN(C4(C(=O)[O-])CCOC4)CC3)ccc21.[Na+]. The summed E-state index contributed by atoms with van der Waals surface area (Å²) in [7, 11) is 1.91. The third kappa shape index (κ3) is 3.52. The van der Waals surface area contributed by atoms with Gasteiger partial charge in [-0.1, -0.05) is 0 Å². The first-order chi connectivity index (χ1) is 12.5. The first kappa shape index (κ1) is 20.3. The van der Waals surface area contributed by atoms with Crippen LogP contribution in [0.4, 0.5) is 0 Å². The number of hydrogen-bond acceptors (Lipinski definition) is 6. The average Bonchev–Trinajstić information content (AvgIpc) is 3.29. The zero-order valence-electron chi connectivity index (χ0n) is 15.7. The van der Waals surface area contributed by atoms with E-state index >= 15 is 0 Å². The largest absolute Gasteiger partial charge is 1.00 e. The third-order valence-electron chi connectivity index (χ3n) is 5.53. The molecule has 8 nitrogen and oxygen atoms in total. The number of fused-ring (bicyclic) bond motifs is 1. The second-order valence-electron chi connectivity index (χ2n) is 6.96. The molecule has 1 unspecified atom stereocenters. The van der Waals surface area contributed by atoms with Gasteiger partial charge in [-0.3, -0.25) is 9.69 Å². The topological polar surface area (TPSA) is 90.7 Å². The summed E-state index contributed by atoms with van der Waals surface area (Å²) in [4.78, 5) is 32.4. The molecule has 2 aliphatic heterocycles. The molecule has 0 N–H and O–H groups in total. The molecule has 1 atom stereocenters. The van der Waals surface area contributed by atoms with Crippen molar-refractivity contribution in [2.24, 2.45) is 7.05 Å². The summed E-state index contributed by atoms with van der Waals surface area (Å²) in [5, 5.41) is 11.7. The van der Waals surface area contributed by atoms with Crippen LogP contribution in [0.3, 0.4) is 0 Å². The number of hydrogen-bond donors (Lipinski definition) is 0. The van der Waals surface area contributed by atoms with Gasteiger partial charge < -0.3 is 24.1 Å². The molecule has 1 aromatic carbocycles. The number of aryl methyl sites for hydroxylation is 1. The van der Waals surface area contributed by atoms with Crippen LogP contribution in [0.15, 0.2) is 24.5 Å². The molecule has 0 bridgehead atoms. The molecule has 3 heterocycles. The minimum Gasteiger partial charge on any atom is -0.548 e. The van der Waals surface area contributed by atoms with E-state index in [-0.39, 0.29) is 42.1 Å². The van der Waals surface area contributed by atoms with Crippen molar-refractivity contribution in [2.45, 2.75) is 12.0 Å². The van der Waals surface area contributed by atoms with Crippen LogP contribution >= 0.6 is 0 Å². The van der Waals surface area contributed by atoms with Crippen molar-refractivity contribution in [3.8, 4) is 0 Å². The fourth-order valence-corrected chi connectivity index (χ4v) is 3.88. The van der Waals surface area contributed by atoms with Gasteiger partial charge >= 0.3 is 29.6 Å². The fourth-order valence-electron chi connectivity index (χ4n) is 3.88. The number of carbonyl (C=O) groups is 2. The van der Waals surface area contributed by atoms with E-state index in [0.29, 0.717) is 44.8 Å². The van der Waals surface area contributed by atoms with Crippen molar-refractivity contribution in [2.75, 3.05) is 39.4 Å². The van der Waals surface area contributed by atoms with Crippen LogP contribution in [0.25, 0.3) is 11.0 Å². The molecule has 2 aromatic rings. The van der Waals surface area contributed by atoms with Crippen LogP contribution in [0.2, 0.25) is 0 Å². The van der Waals surface area contributed by atoms with Gasteiger partial charge in [0, 0.05) is 45.4 Å². The summed E-state index contributed by atoms with van der Waals surface area (Å²) in [6.07, 6.45) is 2.15. The van der Waals surface area contributed by atoms with E-state index in [1.807, 2.05) is 28.6 Å². The number of amides is 1. The molecule has 138 valence electrons. The summed E-state index contributed by atoms with van der Waals surface area (Å²) in [5.41, 5.74) is 1.31. The van der Waals surface area contributed by atoms with Crippen LogP contribution in [0.1, 0.15) is 16.8 Å². The summed E-state index contributed by atoms with van der Waals surface area (Å²) in [5.74, 6) is -1.14. The number of carbonyl (C=O) groups excluding carboxylic acids is 2. The average molecular weight is 380 g/mol. The minimum absolute atomic E-state index is 0. The molecule has 9 heteroatoms. The van der Waals surface area contributed by atoms with Gasteiger partial charge in [-0.2, -0.15) is 0 Å². The van der Waals surface area contributed by atoms with Crippen molar-refractivity contribution >= 4 is 22.9 Å². The minimum atomic E-state index is -1.09. The number of piperazine rings is 1. The van der Waals surface area contributed by atoms with Gasteiger partial charge in [0.1, 0.15) is 0 Å². The molecular formula is C18H21N4NaO4. The van der Waals surface area contributed by atoms with E-state index in [1.165, 1.54) is 0 Å². The Morgan fingerprint density at radius 1 is 1.22 bits per heavy atom. The Kier molecular flexibility index (Phi) is 5.93. The number of benzene rings is 1. The number of rotatable bonds is 3. The van der Waals surface area contributed by atoms with E-state index < -0.39 is 11.5 Å². The summed E-state index contributed by atoms with van der Waals surface area (Å²) < 4.78 is 7.22. The second-order valence-corrected chi connectivity index (χ2v) is 6.96. The third-order valence-corrected chi connectivity index (χ3v) is 5.53. The van der Waals surface area contributed by atoms with Gasteiger partial charge in [-0.15, -0.1) is 0 Å².